The molecule has 6 nitrogen and oxygen atoms in total. The highest BCUT2D eigenvalue weighted by atomic mass is 16.5. The highest BCUT2D eigenvalue weighted by Crippen LogP contribution is 2.24. The number of aliphatic hydroxyl groups excluding tert-OH is 1. The van der Waals surface area contributed by atoms with E-state index in [4.69, 9.17) is 14.2 Å². The van der Waals surface area contributed by atoms with Gasteiger partial charge in [0.05, 0.1) is 6.10 Å². The molecule has 0 saturated heterocycles. The maximum Gasteiger partial charge on any atom is 0.333 e. The van der Waals surface area contributed by atoms with E-state index in [9.17, 15) is 15.0 Å². The molecule has 0 aliphatic rings. The highest BCUT2D eigenvalue weighted by molar-refractivity contribution is 5.72. The van der Waals surface area contributed by atoms with Gasteiger partial charge in [-0.3, -0.25) is 0 Å². The zero-order valence-electron chi connectivity index (χ0n) is 18.3. The average Bonchev–Trinajstić information content (AvgIpc) is 2.65. The van der Waals surface area contributed by atoms with Crippen LogP contribution in [-0.2, 0) is 16.0 Å². The summed E-state index contributed by atoms with van der Waals surface area (Å²) in [4.78, 5) is 11.4. The van der Waals surface area contributed by atoms with Crippen molar-refractivity contribution in [1.82, 2.24) is 0 Å². The Kier molecular flexibility index (Phi) is 8.69. The first-order valence-electron chi connectivity index (χ1n) is 10.1. The molecule has 2 aromatic rings. The maximum absolute atomic E-state index is 11.4. The minimum Gasteiger partial charge on any atom is -0.491 e. The van der Waals surface area contributed by atoms with Crippen molar-refractivity contribution in [3.63, 3.8) is 0 Å². The van der Waals surface area contributed by atoms with Gasteiger partial charge >= 0.3 is 5.97 Å². The fourth-order valence-electron chi connectivity index (χ4n) is 3.31. The second-order valence-electron chi connectivity index (χ2n) is 7.87. The summed E-state index contributed by atoms with van der Waals surface area (Å²) in [5.74, 6) is 0.346. The van der Waals surface area contributed by atoms with Gasteiger partial charge in [0.2, 0.25) is 0 Å². The van der Waals surface area contributed by atoms with Crippen LogP contribution in [0.1, 0.15) is 36.1 Å². The number of benzene rings is 2. The fraction of sp³-hybridized carbons (Fsp3) is 0.458. The van der Waals surface area contributed by atoms with Crippen LogP contribution in [-0.4, -0.2) is 47.7 Å². The molecule has 0 heterocycles. The Morgan fingerprint density at radius 3 is 2.23 bits per heavy atom. The Hall–Kier alpha value is -2.57. The SMILES string of the molecule is Cc1cc(C)c(OC[C@H](O)COc2cccc(C[C@H](OC(C)C)C(=O)O)c2)c(C)c1. The van der Waals surface area contributed by atoms with Crippen LogP contribution in [0.5, 0.6) is 11.5 Å². The largest absolute Gasteiger partial charge is 0.491 e. The van der Waals surface area contributed by atoms with Crippen molar-refractivity contribution in [1.29, 1.82) is 0 Å². The molecule has 164 valence electrons. The topological polar surface area (TPSA) is 85.2 Å². The van der Waals surface area contributed by atoms with Crippen molar-refractivity contribution in [3.05, 3.63) is 58.7 Å². The van der Waals surface area contributed by atoms with E-state index >= 15 is 0 Å². The van der Waals surface area contributed by atoms with Gasteiger partial charge in [-0.1, -0.05) is 29.8 Å². The van der Waals surface area contributed by atoms with Crippen LogP contribution in [0.3, 0.4) is 0 Å². The number of aryl methyl sites for hydroxylation is 3. The summed E-state index contributed by atoms with van der Waals surface area (Å²) in [6.45, 7) is 9.80. The van der Waals surface area contributed by atoms with Crippen LogP contribution in [0.25, 0.3) is 0 Å². The predicted octanol–water partition coefficient (Wildman–Crippen LogP) is 3.85. The fourth-order valence-corrected chi connectivity index (χ4v) is 3.31. The Labute approximate surface area is 178 Å². The van der Waals surface area contributed by atoms with Crippen molar-refractivity contribution < 1.29 is 29.2 Å². The number of carbonyl (C=O) groups is 1. The number of hydrogen-bond donors (Lipinski definition) is 2. The van der Waals surface area contributed by atoms with Gasteiger partial charge in [-0.2, -0.15) is 0 Å². The van der Waals surface area contributed by atoms with E-state index in [-0.39, 0.29) is 25.7 Å². The molecular weight excluding hydrogens is 384 g/mol. The third kappa shape index (κ3) is 7.35. The van der Waals surface area contributed by atoms with Crippen LogP contribution < -0.4 is 9.47 Å². The first-order chi connectivity index (χ1) is 14.2. The zero-order chi connectivity index (χ0) is 22.3. The van der Waals surface area contributed by atoms with E-state index in [1.807, 2.05) is 39.0 Å². The summed E-state index contributed by atoms with van der Waals surface area (Å²) in [6, 6.07) is 11.2. The summed E-state index contributed by atoms with van der Waals surface area (Å²) < 4.78 is 16.9. The van der Waals surface area contributed by atoms with E-state index in [1.54, 1.807) is 32.0 Å². The lowest BCUT2D eigenvalue weighted by Gasteiger charge is -2.18. The number of aliphatic hydroxyl groups is 1. The van der Waals surface area contributed by atoms with Gasteiger partial charge in [0.25, 0.3) is 0 Å². The van der Waals surface area contributed by atoms with Gasteiger partial charge in [-0.15, -0.1) is 0 Å². The molecule has 0 saturated carbocycles. The molecule has 2 atom stereocenters. The molecule has 0 unspecified atom stereocenters. The number of carboxylic acid groups (broad SMARTS) is 1. The van der Waals surface area contributed by atoms with Gasteiger partial charge < -0.3 is 24.4 Å². The molecule has 2 aromatic carbocycles. The van der Waals surface area contributed by atoms with Crippen LogP contribution in [0.15, 0.2) is 36.4 Å². The second-order valence-corrected chi connectivity index (χ2v) is 7.87. The van der Waals surface area contributed by atoms with E-state index in [1.165, 1.54) is 5.56 Å². The van der Waals surface area contributed by atoms with E-state index in [0.717, 1.165) is 22.4 Å². The smallest absolute Gasteiger partial charge is 0.333 e. The summed E-state index contributed by atoms with van der Waals surface area (Å²) in [5, 5.41) is 19.6. The second kappa shape index (κ2) is 11.0. The first kappa shape index (κ1) is 23.7. The molecule has 0 aromatic heterocycles. The Morgan fingerprint density at radius 2 is 1.63 bits per heavy atom. The summed E-state index contributed by atoms with van der Waals surface area (Å²) in [5.41, 5.74) is 4.03. The normalized spacial score (nSPS) is 13.2. The van der Waals surface area contributed by atoms with E-state index in [0.29, 0.717) is 5.75 Å². The molecule has 2 N–H and O–H groups in total. The van der Waals surface area contributed by atoms with Gasteiger partial charge in [-0.05, 0) is 63.4 Å². The lowest BCUT2D eigenvalue weighted by atomic mass is 10.1. The number of rotatable bonds is 11. The number of ether oxygens (including phenoxy) is 3. The molecule has 0 amide bonds. The van der Waals surface area contributed by atoms with Crippen LogP contribution >= 0.6 is 0 Å². The lowest BCUT2D eigenvalue weighted by Crippen LogP contribution is -2.29. The molecule has 0 fully saturated rings. The van der Waals surface area contributed by atoms with Crippen LogP contribution in [0.2, 0.25) is 0 Å². The molecule has 6 heteroatoms. The molecular formula is C24H32O6. The number of aliphatic carboxylic acids is 1. The van der Waals surface area contributed by atoms with E-state index < -0.39 is 18.2 Å². The van der Waals surface area contributed by atoms with Gasteiger partial charge in [0, 0.05) is 6.42 Å². The van der Waals surface area contributed by atoms with Gasteiger partial charge in [0.15, 0.2) is 6.10 Å². The van der Waals surface area contributed by atoms with Gasteiger partial charge in [-0.25, -0.2) is 4.79 Å². The molecule has 2 rings (SSSR count). The Bertz CT molecular complexity index is 822. The Morgan fingerprint density at radius 1 is 1.00 bits per heavy atom. The number of hydrogen-bond acceptors (Lipinski definition) is 5. The van der Waals surface area contributed by atoms with Crippen molar-refractivity contribution in [2.24, 2.45) is 0 Å². The first-order valence-corrected chi connectivity index (χ1v) is 10.1. The third-order valence-corrected chi connectivity index (χ3v) is 4.50. The summed E-state index contributed by atoms with van der Waals surface area (Å²) in [6.07, 6.45) is -1.66. The maximum atomic E-state index is 11.4. The number of carboxylic acids is 1. The third-order valence-electron chi connectivity index (χ3n) is 4.50. The minimum absolute atomic E-state index is 0.0677. The Balaban J connectivity index is 1.90. The van der Waals surface area contributed by atoms with Crippen LogP contribution in [0.4, 0.5) is 0 Å². The molecule has 0 bridgehead atoms. The summed E-state index contributed by atoms with van der Waals surface area (Å²) in [7, 11) is 0. The minimum atomic E-state index is -0.996. The molecule has 0 radical (unpaired) electrons. The molecule has 30 heavy (non-hydrogen) atoms. The summed E-state index contributed by atoms with van der Waals surface area (Å²) >= 11 is 0. The standard InChI is InChI=1S/C24H32O6/c1-15(2)30-22(24(26)27)12-19-7-6-8-21(11-19)28-13-20(25)14-29-23-17(4)9-16(3)10-18(23)5/h6-11,15,20,22,25H,12-14H2,1-5H3,(H,26,27)/t20-,22+/m1/s1. The van der Waals surface area contributed by atoms with Gasteiger partial charge in [0.1, 0.15) is 30.8 Å². The molecule has 0 aliphatic carbocycles. The monoisotopic (exact) mass is 416 g/mol. The lowest BCUT2D eigenvalue weighted by molar-refractivity contribution is -0.153. The quantitative estimate of drug-likeness (QED) is 0.579. The zero-order valence-corrected chi connectivity index (χ0v) is 18.3. The van der Waals surface area contributed by atoms with Crippen LogP contribution in [0, 0.1) is 20.8 Å². The van der Waals surface area contributed by atoms with Crippen molar-refractivity contribution in [2.45, 2.75) is 59.4 Å². The average molecular weight is 417 g/mol. The van der Waals surface area contributed by atoms with Crippen molar-refractivity contribution >= 4 is 5.97 Å². The highest BCUT2D eigenvalue weighted by Gasteiger charge is 2.20. The molecule has 0 aliphatic heterocycles. The van der Waals surface area contributed by atoms with Crippen molar-refractivity contribution in [3.8, 4) is 11.5 Å². The molecule has 0 spiro atoms. The predicted molar refractivity (Wildman–Crippen MR) is 115 cm³/mol. The van der Waals surface area contributed by atoms with Crippen molar-refractivity contribution in [2.75, 3.05) is 13.2 Å². The van der Waals surface area contributed by atoms with E-state index in [2.05, 4.69) is 0 Å².